The Morgan fingerprint density at radius 2 is 2.35 bits per heavy atom. The monoisotopic (exact) mass is 233 g/mol. The van der Waals surface area contributed by atoms with Crippen molar-refractivity contribution in [1.29, 1.82) is 0 Å². The highest BCUT2D eigenvalue weighted by Crippen LogP contribution is 2.22. The Morgan fingerprint density at radius 3 is 3.06 bits per heavy atom. The molecule has 1 aromatic carbocycles. The van der Waals surface area contributed by atoms with E-state index in [-0.39, 0.29) is 12.3 Å². The third-order valence-corrected chi connectivity index (χ3v) is 2.36. The van der Waals surface area contributed by atoms with Crippen molar-refractivity contribution in [3.05, 3.63) is 40.1 Å². The molecular weight excluding hydrogens is 222 g/mol. The molecule has 0 aliphatic carbocycles. The summed E-state index contributed by atoms with van der Waals surface area (Å²) in [7, 11) is 0. The summed E-state index contributed by atoms with van der Waals surface area (Å²) in [5.74, 6) is 0. The lowest BCUT2D eigenvalue weighted by molar-refractivity contribution is -0.384. The highest BCUT2D eigenvalue weighted by molar-refractivity contribution is 5.88. The van der Waals surface area contributed by atoms with Crippen LogP contribution >= 0.6 is 0 Å². The minimum absolute atomic E-state index is 0.0343. The van der Waals surface area contributed by atoms with Crippen molar-refractivity contribution in [2.75, 3.05) is 6.61 Å². The maximum atomic E-state index is 10.6. The summed E-state index contributed by atoms with van der Waals surface area (Å²) in [4.78, 5) is 10.1. The van der Waals surface area contributed by atoms with Crippen molar-refractivity contribution in [3.8, 4) is 0 Å². The molecule has 0 spiro atoms. The fourth-order valence-electron chi connectivity index (χ4n) is 1.54. The zero-order valence-corrected chi connectivity index (χ0v) is 8.96. The predicted octanol–water partition coefficient (Wildman–Crippen LogP) is 1.87. The van der Waals surface area contributed by atoms with E-state index < -0.39 is 4.92 Å². The summed E-state index contributed by atoms with van der Waals surface area (Å²) in [6, 6.07) is 4.56. The smallest absolute Gasteiger partial charge is 0.271 e. The zero-order valence-electron chi connectivity index (χ0n) is 8.96. The van der Waals surface area contributed by atoms with Gasteiger partial charge in [0.15, 0.2) is 0 Å². The summed E-state index contributed by atoms with van der Waals surface area (Å²) >= 11 is 0. The van der Waals surface area contributed by atoms with Gasteiger partial charge >= 0.3 is 0 Å². The third-order valence-electron chi connectivity index (χ3n) is 2.36. The Kier molecular flexibility index (Phi) is 3.15. The fraction of sp³-hybridized carbons (Fsp3) is 0.182. The van der Waals surface area contributed by atoms with Crippen molar-refractivity contribution >= 4 is 22.7 Å². The molecule has 6 nitrogen and oxygen atoms in total. The molecule has 0 amide bonds. The molecule has 0 fully saturated rings. The number of nitrogens with zero attached hydrogens (tertiary/aromatic N) is 2. The number of rotatable bonds is 4. The largest absolute Gasteiger partial charge is 0.396 e. The Bertz CT molecular complexity index is 574. The van der Waals surface area contributed by atoms with Gasteiger partial charge in [0.1, 0.15) is 0 Å². The number of nitrogens with one attached hydrogen (secondary N) is 1. The van der Waals surface area contributed by atoms with Crippen molar-refractivity contribution in [1.82, 2.24) is 10.2 Å². The lowest BCUT2D eigenvalue weighted by Crippen LogP contribution is -1.86. The van der Waals surface area contributed by atoms with Crippen LogP contribution in [0.1, 0.15) is 12.1 Å². The summed E-state index contributed by atoms with van der Waals surface area (Å²) in [6.45, 7) is 0.0876. The number of fused-ring (bicyclic) bond motifs is 1. The van der Waals surface area contributed by atoms with Gasteiger partial charge in [-0.2, -0.15) is 5.10 Å². The maximum Gasteiger partial charge on any atom is 0.271 e. The predicted molar refractivity (Wildman–Crippen MR) is 63.5 cm³/mol. The van der Waals surface area contributed by atoms with Crippen LogP contribution in [0.25, 0.3) is 17.0 Å². The molecule has 1 heterocycles. The number of nitro groups is 1. The molecule has 0 aliphatic heterocycles. The number of benzene rings is 1. The number of aromatic amines is 1. The van der Waals surface area contributed by atoms with E-state index in [0.29, 0.717) is 17.6 Å². The highest BCUT2D eigenvalue weighted by atomic mass is 16.6. The molecule has 0 saturated heterocycles. The van der Waals surface area contributed by atoms with Crippen molar-refractivity contribution in [2.24, 2.45) is 0 Å². The minimum Gasteiger partial charge on any atom is -0.396 e. The first-order valence-electron chi connectivity index (χ1n) is 5.12. The van der Waals surface area contributed by atoms with Crippen LogP contribution in [-0.4, -0.2) is 26.8 Å². The van der Waals surface area contributed by atoms with E-state index in [1.165, 1.54) is 12.1 Å². The van der Waals surface area contributed by atoms with Gasteiger partial charge in [0, 0.05) is 24.1 Å². The Labute approximate surface area is 96.7 Å². The van der Waals surface area contributed by atoms with Crippen LogP contribution in [0.3, 0.4) is 0 Å². The first-order valence-corrected chi connectivity index (χ1v) is 5.12. The first-order chi connectivity index (χ1) is 8.22. The van der Waals surface area contributed by atoms with Crippen LogP contribution in [0.15, 0.2) is 24.3 Å². The van der Waals surface area contributed by atoms with E-state index in [9.17, 15) is 10.1 Å². The zero-order chi connectivity index (χ0) is 12.3. The molecule has 0 saturated carbocycles. The van der Waals surface area contributed by atoms with Gasteiger partial charge in [0.2, 0.25) is 0 Å². The first kappa shape index (κ1) is 11.3. The van der Waals surface area contributed by atoms with Crippen LogP contribution in [0.2, 0.25) is 0 Å². The summed E-state index contributed by atoms with van der Waals surface area (Å²) in [5, 5.41) is 26.9. The topological polar surface area (TPSA) is 92.1 Å². The standard InChI is InChI=1S/C11H11N3O3/c15-6-2-1-3-10-9-5-4-8(14(16)17)7-11(9)13-12-10/h1,3-5,7,15H,2,6H2,(H,12,13). The third kappa shape index (κ3) is 2.31. The van der Waals surface area contributed by atoms with Crippen molar-refractivity contribution < 1.29 is 10.0 Å². The number of non-ortho nitro benzene ring substituents is 1. The number of hydrogen-bond donors (Lipinski definition) is 2. The average molecular weight is 233 g/mol. The Hall–Kier alpha value is -2.21. The fourth-order valence-corrected chi connectivity index (χ4v) is 1.54. The molecule has 2 N–H and O–H groups in total. The summed E-state index contributed by atoms with van der Waals surface area (Å²) in [6.07, 6.45) is 4.14. The highest BCUT2D eigenvalue weighted by Gasteiger charge is 2.09. The van der Waals surface area contributed by atoms with Gasteiger partial charge in [0.25, 0.3) is 5.69 Å². The molecule has 2 aromatic rings. The van der Waals surface area contributed by atoms with Gasteiger partial charge in [-0.1, -0.05) is 6.08 Å². The maximum absolute atomic E-state index is 10.6. The lowest BCUT2D eigenvalue weighted by Gasteiger charge is -1.92. The van der Waals surface area contributed by atoms with Gasteiger partial charge in [-0.05, 0) is 18.6 Å². The number of H-pyrrole nitrogens is 1. The van der Waals surface area contributed by atoms with Crippen LogP contribution < -0.4 is 0 Å². The molecule has 0 unspecified atom stereocenters. The van der Waals surface area contributed by atoms with E-state index in [4.69, 9.17) is 5.11 Å². The van der Waals surface area contributed by atoms with Gasteiger partial charge in [-0.3, -0.25) is 15.2 Å². The molecule has 1 aromatic heterocycles. The van der Waals surface area contributed by atoms with Gasteiger partial charge in [-0.15, -0.1) is 0 Å². The van der Waals surface area contributed by atoms with Crippen LogP contribution in [0, 0.1) is 10.1 Å². The lowest BCUT2D eigenvalue weighted by atomic mass is 10.2. The van der Waals surface area contributed by atoms with Crippen molar-refractivity contribution in [3.63, 3.8) is 0 Å². The normalized spacial score (nSPS) is 11.4. The van der Waals surface area contributed by atoms with Gasteiger partial charge < -0.3 is 5.11 Å². The number of aliphatic hydroxyl groups is 1. The van der Waals surface area contributed by atoms with Gasteiger partial charge in [-0.25, -0.2) is 0 Å². The molecule has 88 valence electrons. The van der Waals surface area contributed by atoms with E-state index in [1.807, 2.05) is 0 Å². The second-order valence-corrected chi connectivity index (χ2v) is 3.51. The Balaban J connectivity index is 2.38. The molecule has 2 rings (SSSR count). The van der Waals surface area contributed by atoms with Gasteiger partial charge in [0.05, 0.1) is 16.1 Å². The quantitative estimate of drug-likeness (QED) is 0.622. The average Bonchev–Trinajstić information content (AvgIpc) is 2.72. The molecule has 6 heteroatoms. The molecule has 0 radical (unpaired) electrons. The molecule has 17 heavy (non-hydrogen) atoms. The molecule has 0 bridgehead atoms. The second kappa shape index (κ2) is 4.75. The number of hydrogen-bond acceptors (Lipinski definition) is 4. The SMILES string of the molecule is O=[N+]([O-])c1ccc2c(C=CCCO)n[nH]c2c1. The number of aromatic nitrogens is 2. The summed E-state index contributed by atoms with van der Waals surface area (Å²) < 4.78 is 0. The minimum atomic E-state index is -0.443. The van der Waals surface area contributed by atoms with Crippen LogP contribution in [0.4, 0.5) is 5.69 Å². The molecular formula is C11H11N3O3. The second-order valence-electron chi connectivity index (χ2n) is 3.51. The van der Waals surface area contributed by atoms with E-state index in [0.717, 1.165) is 5.39 Å². The van der Waals surface area contributed by atoms with Crippen LogP contribution in [0.5, 0.6) is 0 Å². The Morgan fingerprint density at radius 1 is 1.53 bits per heavy atom. The summed E-state index contributed by atoms with van der Waals surface area (Å²) in [5.41, 5.74) is 1.37. The van der Waals surface area contributed by atoms with E-state index >= 15 is 0 Å². The van der Waals surface area contributed by atoms with Crippen molar-refractivity contribution in [2.45, 2.75) is 6.42 Å². The number of aliphatic hydroxyl groups excluding tert-OH is 1. The van der Waals surface area contributed by atoms with E-state index in [1.54, 1.807) is 18.2 Å². The molecule has 0 aliphatic rings. The number of nitro benzene ring substituents is 1. The molecule has 0 atom stereocenters. The van der Waals surface area contributed by atoms with E-state index in [2.05, 4.69) is 10.2 Å². The van der Waals surface area contributed by atoms with Crippen LogP contribution in [-0.2, 0) is 0 Å².